The molecule has 1 aliphatic heterocycles. The summed E-state index contributed by atoms with van der Waals surface area (Å²) in [6.45, 7) is 0.691. The number of nitrogen functional groups attached to an aromatic ring is 1. The Kier molecular flexibility index (Phi) is 2.82. The molecule has 2 rings (SSSR count). The summed E-state index contributed by atoms with van der Waals surface area (Å²) in [6.07, 6.45) is 1.17. The molecule has 92 valence electrons. The number of carbonyl (C=O) groups excluding carboxylic acids is 1. The molecule has 6 heteroatoms. The van der Waals surface area contributed by atoms with Gasteiger partial charge in [0, 0.05) is 30.6 Å². The van der Waals surface area contributed by atoms with Gasteiger partial charge < -0.3 is 10.6 Å². The Bertz CT molecular complexity index is 566. The Labute approximate surface area is 100 Å². The molecule has 1 aromatic rings. The predicted molar refractivity (Wildman–Crippen MR) is 65.3 cm³/mol. The number of benzene rings is 1. The van der Waals surface area contributed by atoms with Crippen molar-refractivity contribution in [2.45, 2.75) is 6.54 Å². The van der Waals surface area contributed by atoms with Gasteiger partial charge in [0.1, 0.15) is 9.84 Å². The molecule has 0 atom stereocenters. The number of nitrogens with zero attached hydrogens (tertiary/aromatic N) is 1. The van der Waals surface area contributed by atoms with Gasteiger partial charge in [-0.25, -0.2) is 8.42 Å². The van der Waals surface area contributed by atoms with Gasteiger partial charge in [0.25, 0.3) is 5.91 Å². The van der Waals surface area contributed by atoms with Crippen molar-refractivity contribution in [1.29, 1.82) is 0 Å². The Hall–Kier alpha value is -1.56. The molecular weight excluding hydrogens is 240 g/mol. The molecule has 0 aromatic heterocycles. The third-order valence-electron chi connectivity index (χ3n) is 2.74. The number of sulfone groups is 1. The second-order valence-electron chi connectivity index (χ2n) is 4.27. The van der Waals surface area contributed by atoms with E-state index in [0.29, 0.717) is 17.8 Å². The highest BCUT2D eigenvalue weighted by Crippen LogP contribution is 2.24. The highest BCUT2D eigenvalue weighted by atomic mass is 32.2. The van der Waals surface area contributed by atoms with Crippen molar-refractivity contribution >= 4 is 21.4 Å². The molecule has 0 aliphatic carbocycles. The second-order valence-corrected chi connectivity index (χ2v) is 6.53. The summed E-state index contributed by atoms with van der Waals surface area (Å²) in [6, 6.07) is 5.19. The van der Waals surface area contributed by atoms with Gasteiger partial charge in [-0.1, -0.05) is 6.07 Å². The van der Waals surface area contributed by atoms with Crippen LogP contribution in [0, 0.1) is 0 Å². The van der Waals surface area contributed by atoms with Crippen LogP contribution in [0.15, 0.2) is 18.2 Å². The first-order valence-electron chi connectivity index (χ1n) is 5.22. The minimum Gasteiger partial charge on any atom is -0.399 e. The van der Waals surface area contributed by atoms with Crippen LogP contribution < -0.4 is 5.73 Å². The molecule has 5 nitrogen and oxygen atoms in total. The average molecular weight is 254 g/mol. The maximum absolute atomic E-state index is 11.9. The van der Waals surface area contributed by atoms with E-state index < -0.39 is 9.84 Å². The van der Waals surface area contributed by atoms with E-state index in [1.807, 2.05) is 6.07 Å². The molecule has 0 unspecified atom stereocenters. The Morgan fingerprint density at radius 2 is 2.12 bits per heavy atom. The predicted octanol–water partition coefficient (Wildman–Crippen LogP) is 0.269. The van der Waals surface area contributed by atoms with Crippen LogP contribution in [0.25, 0.3) is 0 Å². The van der Waals surface area contributed by atoms with Crippen molar-refractivity contribution in [2.24, 2.45) is 0 Å². The van der Waals surface area contributed by atoms with E-state index in [-0.39, 0.29) is 18.2 Å². The molecule has 0 fully saturated rings. The number of rotatable bonds is 3. The fourth-order valence-electron chi connectivity index (χ4n) is 1.84. The summed E-state index contributed by atoms with van der Waals surface area (Å²) in [5, 5.41) is 0. The van der Waals surface area contributed by atoms with Crippen LogP contribution in [0.2, 0.25) is 0 Å². The number of nitrogens with two attached hydrogens (primary N) is 1. The second kappa shape index (κ2) is 4.03. The first kappa shape index (κ1) is 11.9. The summed E-state index contributed by atoms with van der Waals surface area (Å²) in [5.41, 5.74) is 7.64. The summed E-state index contributed by atoms with van der Waals surface area (Å²) in [5.74, 6) is -0.154. The number of carbonyl (C=O) groups is 1. The van der Waals surface area contributed by atoms with Gasteiger partial charge in [0.2, 0.25) is 0 Å². The van der Waals surface area contributed by atoms with E-state index in [9.17, 15) is 13.2 Å². The van der Waals surface area contributed by atoms with Crippen LogP contribution in [-0.2, 0) is 16.4 Å². The molecule has 17 heavy (non-hydrogen) atoms. The van der Waals surface area contributed by atoms with Crippen molar-refractivity contribution in [3.63, 3.8) is 0 Å². The van der Waals surface area contributed by atoms with E-state index in [2.05, 4.69) is 0 Å². The van der Waals surface area contributed by atoms with E-state index in [4.69, 9.17) is 5.73 Å². The van der Waals surface area contributed by atoms with Crippen LogP contribution in [0.1, 0.15) is 15.9 Å². The maximum atomic E-state index is 11.9. The summed E-state index contributed by atoms with van der Waals surface area (Å²) in [4.78, 5) is 13.5. The van der Waals surface area contributed by atoms with Crippen LogP contribution in [0.4, 0.5) is 5.69 Å². The number of amides is 1. The lowest BCUT2D eigenvalue weighted by Crippen LogP contribution is -2.29. The van der Waals surface area contributed by atoms with Gasteiger partial charge >= 0.3 is 0 Å². The quantitative estimate of drug-likeness (QED) is 0.785. The molecule has 0 saturated heterocycles. The minimum absolute atomic E-state index is 0.0117. The van der Waals surface area contributed by atoms with Gasteiger partial charge in [0.05, 0.1) is 5.75 Å². The molecule has 2 N–H and O–H groups in total. The maximum Gasteiger partial charge on any atom is 0.254 e. The summed E-state index contributed by atoms with van der Waals surface area (Å²) >= 11 is 0. The summed E-state index contributed by atoms with van der Waals surface area (Å²) in [7, 11) is -3.05. The van der Waals surface area contributed by atoms with Crippen molar-refractivity contribution in [2.75, 3.05) is 24.3 Å². The number of fused-ring (bicyclic) bond motifs is 1. The Morgan fingerprint density at radius 1 is 1.41 bits per heavy atom. The molecule has 1 heterocycles. The Balaban J connectivity index is 2.15. The normalized spacial score (nSPS) is 15.1. The zero-order chi connectivity index (χ0) is 12.6. The molecular formula is C11H14N2O3S. The van der Waals surface area contributed by atoms with Gasteiger partial charge in [0.15, 0.2) is 0 Å². The highest BCUT2D eigenvalue weighted by molar-refractivity contribution is 7.90. The fraction of sp³-hybridized carbons (Fsp3) is 0.364. The van der Waals surface area contributed by atoms with Gasteiger partial charge in [-0.2, -0.15) is 0 Å². The minimum atomic E-state index is -3.05. The Morgan fingerprint density at radius 3 is 2.76 bits per heavy atom. The molecule has 0 bridgehead atoms. The average Bonchev–Trinajstić information content (AvgIpc) is 2.52. The summed E-state index contributed by atoms with van der Waals surface area (Å²) < 4.78 is 22.1. The molecule has 1 aromatic carbocycles. The number of hydrogen-bond donors (Lipinski definition) is 1. The monoisotopic (exact) mass is 254 g/mol. The van der Waals surface area contributed by atoms with E-state index in [0.717, 1.165) is 5.56 Å². The third kappa shape index (κ3) is 2.58. The van der Waals surface area contributed by atoms with E-state index >= 15 is 0 Å². The zero-order valence-electron chi connectivity index (χ0n) is 9.51. The first-order valence-corrected chi connectivity index (χ1v) is 7.28. The lowest BCUT2D eigenvalue weighted by Gasteiger charge is -2.14. The number of anilines is 1. The van der Waals surface area contributed by atoms with Gasteiger partial charge in [-0.3, -0.25) is 4.79 Å². The van der Waals surface area contributed by atoms with E-state index in [1.165, 1.54) is 11.2 Å². The smallest absolute Gasteiger partial charge is 0.254 e. The third-order valence-corrected chi connectivity index (χ3v) is 3.67. The highest BCUT2D eigenvalue weighted by Gasteiger charge is 2.27. The molecule has 0 spiro atoms. The number of hydrogen-bond acceptors (Lipinski definition) is 4. The lowest BCUT2D eigenvalue weighted by atomic mass is 10.1. The molecule has 0 radical (unpaired) electrons. The van der Waals surface area contributed by atoms with Crippen LogP contribution in [-0.4, -0.2) is 37.8 Å². The first-order chi connectivity index (χ1) is 7.87. The van der Waals surface area contributed by atoms with E-state index in [1.54, 1.807) is 12.1 Å². The van der Waals surface area contributed by atoms with Crippen molar-refractivity contribution in [3.8, 4) is 0 Å². The molecule has 1 amide bonds. The van der Waals surface area contributed by atoms with Crippen molar-refractivity contribution in [3.05, 3.63) is 29.3 Å². The zero-order valence-corrected chi connectivity index (χ0v) is 10.3. The SMILES string of the molecule is CS(=O)(=O)CCN1Cc2ccc(N)cc2C1=O. The topological polar surface area (TPSA) is 80.5 Å². The molecule has 1 aliphatic rings. The van der Waals surface area contributed by atoms with Crippen molar-refractivity contribution in [1.82, 2.24) is 4.90 Å². The van der Waals surface area contributed by atoms with Crippen LogP contribution in [0.5, 0.6) is 0 Å². The standard InChI is InChI=1S/C11H14N2O3S/c1-17(15,16)5-4-13-7-8-2-3-9(12)6-10(8)11(13)14/h2-3,6H,4-5,7,12H2,1H3. The fourth-order valence-corrected chi connectivity index (χ4v) is 2.39. The largest absolute Gasteiger partial charge is 0.399 e. The van der Waals surface area contributed by atoms with Gasteiger partial charge in [-0.05, 0) is 17.7 Å². The van der Waals surface area contributed by atoms with Crippen LogP contribution in [0.3, 0.4) is 0 Å². The lowest BCUT2D eigenvalue weighted by molar-refractivity contribution is 0.0788. The van der Waals surface area contributed by atoms with Crippen LogP contribution >= 0.6 is 0 Å². The molecule has 0 saturated carbocycles. The van der Waals surface area contributed by atoms with Gasteiger partial charge in [-0.15, -0.1) is 0 Å². The van der Waals surface area contributed by atoms with Crippen molar-refractivity contribution < 1.29 is 13.2 Å².